The summed E-state index contributed by atoms with van der Waals surface area (Å²) in [5.74, 6) is -1.01. The number of carbonyl (C=O) groups excluding carboxylic acids is 1. The third-order valence-electron chi connectivity index (χ3n) is 5.02. The highest BCUT2D eigenvalue weighted by Gasteiger charge is 2.39. The highest BCUT2D eigenvalue weighted by molar-refractivity contribution is 7.92. The van der Waals surface area contributed by atoms with E-state index in [9.17, 15) is 18.0 Å². The van der Waals surface area contributed by atoms with E-state index in [2.05, 4.69) is 0 Å². The van der Waals surface area contributed by atoms with Crippen LogP contribution in [0.1, 0.15) is 24.8 Å². The van der Waals surface area contributed by atoms with Gasteiger partial charge in [0.1, 0.15) is 5.58 Å². The zero-order valence-electron chi connectivity index (χ0n) is 15.0. The van der Waals surface area contributed by atoms with Crippen molar-refractivity contribution < 1.29 is 17.6 Å². The normalized spacial score (nSPS) is 19.4. The lowest BCUT2D eigenvalue weighted by molar-refractivity contribution is -0.119. The first-order valence-electron chi connectivity index (χ1n) is 8.75. The molecular formula is C20H18N2O5S. The Morgan fingerprint density at radius 2 is 1.89 bits per heavy atom. The minimum atomic E-state index is -3.91. The average Bonchev–Trinajstić information content (AvgIpc) is 2.66. The number of rotatable bonds is 3. The summed E-state index contributed by atoms with van der Waals surface area (Å²) in [4.78, 5) is 23.3. The van der Waals surface area contributed by atoms with Crippen LogP contribution in [-0.2, 0) is 14.8 Å². The number of amides is 1. The lowest BCUT2D eigenvalue weighted by Gasteiger charge is -2.38. The van der Waals surface area contributed by atoms with Crippen LogP contribution in [0.5, 0.6) is 0 Å². The van der Waals surface area contributed by atoms with Gasteiger partial charge in [-0.1, -0.05) is 18.2 Å². The van der Waals surface area contributed by atoms with E-state index in [1.165, 1.54) is 34.6 Å². The number of hydrogen-bond acceptors (Lipinski definition) is 5. The zero-order valence-corrected chi connectivity index (χ0v) is 15.8. The molecule has 28 heavy (non-hydrogen) atoms. The van der Waals surface area contributed by atoms with Gasteiger partial charge in [-0.15, -0.1) is 0 Å². The summed E-state index contributed by atoms with van der Waals surface area (Å²) < 4.78 is 33.3. The molecular weight excluding hydrogens is 380 g/mol. The summed E-state index contributed by atoms with van der Waals surface area (Å²) in [5.41, 5.74) is 6.40. The molecule has 144 valence electrons. The van der Waals surface area contributed by atoms with Gasteiger partial charge < -0.3 is 10.2 Å². The van der Waals surface area contributed by atoms with Crippen LogP contribution in [-0.4, -0.2) is 20.4 Å². The first-order valence-corrected chi connectivity index (χ1v) is 10.2. The molecule has 1 aliphatic rings. The lowest BCUT2D eigenvalue weighted by atomic mass is 9.87. The van der Waals surface area contributed by atoms with Gasteiger partial charge in [-0.25, -0.2) is 13.2 Å². The average molecular weight is 398 g/mol. The molecule has 1 amide bonds. The number of primary amides is 1. The topological polar surface area (TPSA) is 111 Å². The molecule has 0 radical (unpaired) electrons. The van der Waals surface area contributed by atoms with Crippen LogP contribution in [0.25, 0.3) is 11.0 Å². The molecule has 2 atom stereocenters. The van der Waals surface area contributed by atoms with Crippen molar-refractivity contribution >= 4 is 32.6 Å². The van der Waals surface area contributed by atoms with Crippen molar-refractivity contribution in [2.45, 2.75) is 30.2 Å². The minimum absolute atomic E-state index is 0.0769. The van der Waals surface area contributed by atoms with Gasteiger partial charge in [0, 0.05) is 17.5 Å². The SMILES string of the molecule is C[C@H]1C[C@H](C(N)=O)c2ccccc2N1S(=O)(=O)c1ccc2oc(=O)ccc2c1. The van der Waals surface area contributed by atoms with Gasteiger partial charge in [0.15, 0.2) is 0 Å². The second-order valence-corrected chi connectivity index (χ2v) is 8.67. The Kier molecular flexibility index (Phi) is 4.23. The minimum Gasteiger partial charge on any atom is -0.423 e. The maximum Gasteiger partial charge on any atom is 0.336 e. The molecule has 2 heterocycles. The quantitative estimate of drug-likeness (QED) is 0.681. The van der Waals surface area contributed by atoms with E-state index in [-0.39, 0.29) is 4.90 Å². The van der Waals surface area contributed by atoms with E-state index >= 15 is 0 Å². The predicted octanol–water partition coefficient (Wildman–Crippen LogP) is 2.35. The largest absolute Gasteiger partial charge is 0.423 e. The Morgan fingerprint density at radius 3 is 2.64 bits per heavy atom. The molecule has 2 aromatic carbocycles. The summed E-state index contributed by atoms with van der Waals surface area (Å²) in [6.45, 7) is 1.75. The number of sulfonamides is 1. The molecule has 0 fully saturated rings. The van der Waals surface area contributed by atoms with Gasteiger partial charge in [0.05, 0.1) is 16.5 Å². The van der Waals surface area contributed by atoms with Gasteiger partial charge in [-0.2, -0.15) is 0 Å². The van der Waals surface area contributed by atoms with Gasteiger partial charge in [-0.3, -0.25) is 9.10 Å². The van der Waals surface area contributed by atoms with Crippen molar-refractivity contribution in [1.82, 2.24) is 0 Å². The highest BCUT2D eigenvalue weighted by Crippen LogP contribution is 2.41. The maximum atomic E-state index is 13.5. The Morgan fingerprint density at radius 1 is 1.14 bits per heavy atom. The zero-order chi connectivity index (χ0) is 20.1. The molecule has 3 aromatic rings. The summed E-state index contributed by atoms with van der Waals surface area (Å²) in [6, 6.07) is 13.6. The number of fused-ring (bicyclic) bond motifs is 2. The number of benzene rings is 2. The fourth-order valence-corrected chi connectivity index (χ4v) is 5.47. The second kappa shape index (κ2) is 6.49. The summed E-state index contributed by atoms with van der Waals surface area (Å²) >= 11 is 0. The van der Waals surface area contributed by atoms with E-state index in [1.807, 2.05) is 0 Å². The van der Waals surface area contributed by atoms with Crippen LogP contribution in [0.15, 0.2) is 68.7 Å². The molecule has 7 nitrogen and oxygen atoms in total. The molecule has 0 aliphatic carbocycles. The van der Waals surface area contributed by atoms with Gasteiger partial charge in [0.2, 0.25) is 5.91 Å². The van der Waals surface area contributed by atoms with E-state index < -0.39 is 33.5 Å². The number of para-hydroxylation sites is 1. The van der Waals surface area contributed by atoms with Crippen LogP contribution < -0.4 is 15.7 Å². The van der Waals surface area contributed by atoms with Crippen LogP contribution in [0.3, 0.4) is 0 Å². The van der Waals surface area contributed by atoms with E-state index in [0.29, 0.717) is 28.6 Å². The van der Waals surface area contributed by atoms with Gasteiger partial charge >= 0.3 is 5.63 Å². The van der Waals surface area contributed by atoms with Crippen LogP contribution in [0.4, 0.5) is 5.69 Å². The number of nitrogens with two attached hydrogens (primary N) is 1. The monoisotopic (exact) mass is 398 g/mol. The van der Waals surface area contributed by atoms with Crippen molar-refractivity contribution in [3.05, 3.63) is 70.6 Å². The third-order valence-corrected chi connectivity index (χ3v) is 6.94. The van der Waals surface area contributed by atoms with Crippen molar-refractivity contribution in [2.24, 2.45) is 5.73 Å². The Labute approximate surface area is 161 Å². The molecule has 1 aliphatic heterocycles. The van der Waals surface area contributed by atoms with Crippen molar-refractivity contribution in [3.63, 3.8) is 0 Å². The molecule has 2 N–H and O–H groups in total. The van der Waals surface area contributed by atoms with Gasteiger partial charge in [-0.05, 0) is 49.2 Å². The van der Waals surface area contributed by atoms with E-state index in [4.69, 9.17) is 10.2 Å². The first kappa shape index (κ1) is 18.2. The summed E-state index contributed by atoms with van der Waals surface area (Å²) in [7, 11) is -3.91. The Balaban J connectivity index is 1.87. The van der Waals surface area contributed by atoms with Crippen molar-refractivity contribution in [3.8, 4) is 0 Å². The molecule has 4 rings (SSSR count). The Bertz CT molecular complexity index is 1250. The molecule has 0 unspecified atom stereocenters. The highest BCUT2D eigenvalue weighted by atomic mass is 32.2. The van der Waals surface area contributed by atoms with Crippen molar-refractivity contribution in [2.75, 3.05) is 4.31 Å². The van der Waals surface area contributed by atoms with Gasteiger partial charge in [0.25, 0.3) is 10.0 Å². The second-order valence-electron chi connectivity index (χ2n) is 6.85. The first-order chi connectivity index (χ1) is 13.3. The number of carbonyl (C=O) groups is 1. The van der Waals surface area contributed by atoms with E-state index in [1.54, 1.807) is 31.2 Å². The molecule has 8 heteroatoms. The smallest absolute Gasteiger partial charge is 0.336 e. The molecule has 0 spiro atoms. The van der Waals surface area contributed by atoms with Crippen LogP contribution in [0.2, 0.25) is 0 Å². The molecule has 1 aromatic heterocycles. The fraction of sp³-hybridized carbons (Fsp3) is 0.200. The number of anilines is 1. The molecule has 0 saturated carbocycles. The van der Waals surface area contributed by atoms with E-state index in [0.717, 1.165) is 0 Å². The standard InChI is InChI=1S/C20H18N2O5S/c1-12-10-16(20(21)24)15-4-2-3-5-17(15)22(12)28(25,26)14-7-8-18-13(11-14)6-9-19(23)27-18/h2-9,11-12,16H,10H2,1H3,(H2,21,24)/t12-,16-/m0/s1. The predicted molar refractivity (Wildman–Crippen MR) is 105 cm³/mol. The maximum absolute atomic E-state index is 13.5. The number of hydrogen-bond donors (Lipinski definition) is 1. The molecule has 0 saturated heterocycles. The summed E-state index contributed by atoms with van der Waals surface area (Å²) in [5, 5.41) is 0.508. The lowest BCUT2D eigenvalue weighted by Crippen LogP contribution is -2.45. The van der Waals surface area contributed by atoms with Crippen LogP contribution >= 0.6 is 0 Å². The molecule has 0 bridgehead atoms. The fourth-order valence-electron chi connectivity index (χ4n) is 3.74. The van der Waals surface area contributed by atoms with Crippen LogP contribution in [0, 0.1) is 0 Å². The summed E-state index contributed by atoms with van der Waals surface area (Å²) in [6.07, 6.45) is 0.300. The third kappa shape index (κ3) is 2.86. The van der Waals surface area contributed by atoms with Crippen molar-refractivity contribution in [1.29, 1.82) is 0 Å². The number of nitrogens with zero attached hydrogens (tertiary/aromatic N) is 1. The Hall–Kier alpha value is -3.13.